The highest BCUT2D eigenvalue weighted by Crippen LogP contribution is 2.01. The van der Waals surface area contributed by atoms with Gasteiger partial charge in [0.1, 0.15) is 0 Å². The van der Waals surface area contributed by atoms with Crippen molar-refractivity contribution in [2.45, 2.75) is 12.1 Å². The number of amides is 1. The molecule has 0 aliphatic carbocycles. The van der Waals surface area contributed by atoms with Gasteiger partial charge in [-0.25, -0.2) is 4.79 Å². The van der Waals surface area contributed by atoms with E-state index in [-0.39, 0.29) is 12.1 Å². The summed E-state index contributed by atoms with van der Waals surface area (Å²) in [7, 11) is 0. The molecule has 0 radical (unpaired) electrons. The fourth-order valence-corrected chi connectivity index (χ4v) is 0.878. The molecule has 5 heteroatoms. The van der Waals surface area contributed by atoms with Crippen molar-refractivity contribution in [2.75, 3.05) is 13.2 Å². The molecule has 1 heterocycles. The molecule has 1 aliphatic rings. The Morgan fingerprint density at radius 3 is 2.80 bits per heavy atom. The van der Waals surface area contributed by atoms with Gasteiger partial charge >= 0.3 is 6.09 Å². The number of nitrogens with one attached hydrogen (secondary N) is 1. The molecule has 1 saturated heterocycles. The molecule has 0 aromatic carbocycles. The Morgan fingerprint density at radius 2 is 2.40 bits per heavy atom. The van der Waals surface area contributed by atoms with Crippen molar-refractivity contribution >= 4 is 6.09 Å². The largest absolute Gasteiger partial charge is 0.465 e. The summed E-state index contributed by atoms with van der Waals surface area (Å²) in [6.45, 7) is 0.818. The molecule has 4 N–H and O–H groups in total. The summed E-state index contributed by atoms with van der Waals surface area (Å²) in [6.07, 6.45) is -1.05. The van der Waals surface area contributed by atoms with E-state index in [1.54, 1.807) is 0 Å². The second-order valence-electron chi connectivity index (χ2n) is 2.26. The summed E-state index contributed by atoms with van der Waals surface area (Å²) < 4.78 is 4.92. The average molecular weight is 146 g/mol. The van der Waals surface area contributed by atoms with Crippen LogP contribution in [0.25, 0.3) is 0 Å². The maximum atomic E-state index is 10.1. The van der Waals surface area contributed by atoms with Crippen LogP contribution in [-0.4, -0.2) is 36.5 Å². The molecular weight excluding hydrogens is 136 g/mol. The molecule has 58 valence electrons. The van der Waals surface area contributed by atoms with Crippen LogP contribution in [0.3, 0.4) is 0 Å². The van der Waals surface area contributed by atoms with Gasteiger partial charge in [0.2, 0.25) is 0 Å². The third kappa shape index (κ3) is 1.58. The molecule has 1 aliphatic heterocycles. The molecule has 10 heavy (non-hydrogen) atoms. The Kier molecular flexibility index (Phi) is 2.08. The van der Waals surface area contributed by atoms with Crippen LogP contribution in [0.5, 0.6) is 0 Å². The lowest BCUT2D eigenvalue weighted by Gasteiger charge is -2.11. The fraction of sp³-hybridized carbons (Fsp3) is 0.800. The van der Waals surface area contributed by atoms with Crippen molar-refractivity contribution in [3.8, 4) is 0 Å². The maximum Gasteiger partial charge on any atom is 0.405 e. The van der Waals surface area contributed by atoms with Gasteiger partial charge in [-0.15, -0.1) is 0 Å². The third-order valence-corrected chi connectivity index (χ3v) is 1.43. The molecule has 0 saturated carbocycles. The van der Waals surface area contributed by atoms with E-state index in [0.717, 1.165) is 0 Å². The standard InChI is InChI=1S/C5H10N2O3/c6-3-1-10-2-4(3)7-5(8)9/h3-4,7H,1-2,6H2,(H,8,9). The average Bonchev–Trinajstić information content (AvgIpc) is 2.15. The molecule has 1 fully saturated rings. The highest BCUT2D eigenvalue weighted by molar-refractivity contribution is 5.65. The second kappa shape index (κ2) is 2.85. The zero-order valence-corrected chi connectivity index (χ0v) is 5.41. The van der Waals surface area contributed by atoms with Gasteiger partial charge in [0, 0.05) is 0 Å². The van der Waals surface area contributed by atoms with Gasteiger partial charge in [0.25, 0.3) is 0 Å². The zero-order chi connectivity index (χ0) is 7.56. The summed E-state index contributed by atoms with van der Waals surface area (Å²) in [5.74, 6) is 0. The number of carboxylic acid groups (broad SMARTS) is 1. The molecule has 2 atom stereocenters. The number of nitrogens with two attached hydrogens (primary N) is 1. The van der Waals surface area contributed by atoms with Gasteiger partial charge in [0.05, 0.1) is 25.3 Å². The van der Waals surface area contributed by atoms with E-state index in [0.29, 0.717) is 13.2 Å². The van der Waals surface area contributed by atoms with Crippen molar-refractivity contribution < 1.29 is 14.6 Å². The van der Waals surface area contributed by atoms with Crippen molar-refractivity contribution in [2.24, 2.45) is 5.73 Å². The van der Waals surface area contributed by atoms with E-state index in [4.69, 9.17) is 15.6 Å². The number of rotatable bonds is 1. The van der Waals surface area contributed by atoms with Crippen LogP contribution in [0.4, 0.5) is 4.79 Å². The predicted molar refractivity (Wildman–Crippen MR) is 33.7 cm³/mol. The Bertz CT molecular complexity index is 139. The molecule has 0 bridgehead atoms. The van der Waals surface area contributed by atoms with Crippen LogP contribution in [-0.2, 0) is 4.74 Å². The number of ether oxygens (including phenoxy) is 1. The summed E-state index contributed by atoms with van der Waals surface area (Å²) in [5.41, 5.74) is 5.48. The van der Waals surface area contributed by atoms with Crippen LogP contribution in [0, 0.1) is 0 Å². The SMILES string of the molecule is NC1COCC1NC(=O)O. The molecule has 0 aromatic rings. The van der Waals surface area contributed by atoms with E-state index in [1.165, 1.54) is 0 Å². The molecular formula is C5H10N2O3. The molecule has 0 aromatic heterocycles. The minimum atomic E-state index is -1.05. The fourth-order valence-electron chi connectivity index (χ4n) is 0.878. The van der Waals surface area contributed by atoms with E-state index >= 15 is 0 Å². The summed E-state index contributed by atoms with van der Waals surface area (Å²) in [6, 6.07) is -0.436. The first-order chi connectivity index (χ1) is 4.70. The molecule has 5 nitrogen and oxygen atoms in total. The Balaban J connectivity index is 2.33. The first-order valence-corrected chi connectivity index (χ1v) is 3.03. The molecule has 0 spiro atoms. The topological polar surface area (TPSA) is 84.6 Å². The highest BCUT2D eigenvalue weighted by atomic mass is 16.5. The van der Waals surface area contributed by atoms with Crippen LogP contribution in [0.2, 0.25) is 0 Å². The first-order valence-electron chi connectivity index (χ1n) is 3.03. The highest BCUT2D eigenvalue weighted by Gasteiger charge is 2.25. The Hall–Kier alpha value is -0.810. The van der Waals surface area contributed by atoms with Crippen LogP contribution in [0.1, 0.15) is 0 Å². The minimum absolute atomic E-state index is 0.198. The van der Waals surface area contributed by atoms with Gasteiger partial charge in [0.15, 0.2) is 0 Å². The van der Waals surface area contributed by atoms with Gasteiger partial charge < -0.3 is 20.9 Å². The number of hydrogen-bond acceptors (Lipinski definition) is 3. The van der Waals surface area contributed by atoms with E-state index in [9.17, 15) is 4.79 Å². The maximum absolute atomic E-state index is 10.1. The van der Waals surface area contributed by atoms with Crippen LogP contribution in [0.15, 0.2) is 0 Å². The Morgan fingerprint density at radius 1 is 1.70 bits per heavy atom. The van der Waals surface area contributed by atoms with E-state index < -0.39 is 6.09 Å². The smallest absolute Gasteiger partial charge is 0.405 e. The second-order valence-corrected chi connectivity index (χ2v) is 2.26. The zero-order valence-electron chi connectivity index (χ0n) is 5.41. The quantitative estimate of drug-likeness (QED) is 0.442. The molecule has 2 unspecified atom stereocenters. The molecule has 1 amide bonds. The predicted octanol–water partition coefficient (Wildman–Crippen LogP) is -1.02. The van der Waals surface area contributed by atoms with Crippen molar-refractivity contribution in [3.05, 3.63) is 0 Å². The lowest BCUT2D eigenvalue weighted by atomic mass is 10.2. The third-order valence-electron chi connectivity index (χ3n) is 1.43. The number of hydrogen-bond donors (Lipinski definition) is 3. The van der Waals surface area contributed by atoms with Gasteiger partial charge in [-0.2, -0.15) is 0 Å². The number of carbonyl (C=O) groups is 1. The lowest BCUT2D eigenvalue weighted by Crippen LogP contribution is -2.46. The van der Waals surface area contributed by atoms with Gasteiger partial charge in [-0.1, -0.05) is 0 Å². The van der Waals surface area contributed by atoms with E-state index in [1.807, 2.05) is 0 Å². The Labute approximate surface area is 58.2 Å². The van der Waals surface area contributed by atoms with Crippen molar-refractivity contribution in [3.63, 3.8) is 0 Å². The summed E-state index contributed by atoms with van der Waals surface area (Å²) >= 11 is 0. The minimum Gasteiger partial charge on any atom is -0.465 e. The summed E-state index contributed by atoms with van der Waals surface area (Å²) in [5, 5.41) is 10.5. The summed E-state index contributed by atoms with van der Waals surface area (Å²) in [4.78, 5) is 10.1. The lowest BCUT2D eigenvalue weighted by molar-refractivity contribution is 0.175. The first kappa shape index (κ1) is 7.30. The van der Waals surface area contributed by atoms with Crippen molar-refractivity contribution in [1.82, 2.24) is 5.32 Å². The monoisotopic (exact) mass is 146 g/mol. The van der Waals surface area contributed by atoms with Crippen LogP contribution >= 0.6 is 0 Å². The van der Waals surface area contributed by atoms with Gasteiger partial charge in [-0.3, -0.25) is 0 Å². The van der Waals surface area contributed by atoms with Crippen LogP contribution < -0.4 is 11.1 Å². The van der Waals surface area contributed by atoms with Crippen molar-refractivity contribution in [1.29, 1.82) is 0 Å². The normalized spacial score (nSPS) is 32.1. The van der Waals surface area contributed by atoms with Gasteiger partial charge in [-0.05, 0) is 0 Å². The molecule has 1 rings (SSSR count). The van der Waals surface area contributed by atoms with E-state index in [2.05, 4.69) is 5.32 Å².